The van der Waals surface area contributed by atoms with E-state index in [2.05, 4.69) is 15.0 Å². The normalized spacial score (nSPS) is 25.0. The van der Waals surface area contributed by atoms with Crippen LogP contribution >= 0.6 is 7.14 Å². The zero-order valence-corrected chi connectivity index (χ0v) is 21.3. The minimum absolute atomic E-state index is 0.0217. The van der Waals surface area contributed by atoms with E-state index in [1.54, 1.807) is 19.9 Å². The fourth-order valence-corrected chi connectivity index (χ4v) is 6.83. The van der Waals surface area contributed by atoms with E-state index in [1.165, 1.54) is 19.2 Å². The molecule has 36 heavy (non-hydrogen) atoms. The number of aromatic nitrogens is 3. The van der Waals surface area contributed by atoms with Crippen molar-refractivity contribution in [2.75, 3.05) is 19.4 Å². The van der Waals surface area contributed by atoms with Gasteiger partial charge >= 0.3 is 6.18 Å². The molecule has 1 aliphatic rings. The van der Waals surface area contributed by atoms with E-state index in [0.29, 0.717) is 23.3 Å². The molecule has 12 heteroatoms. The maximum atomic E-state index is 14.6. The van der Waals surface area contributed by atoms with Gasteiger partial charge in [0.15, 0.2) is 17.2 Å². The molecule has 0 bridgehead atoms. The number of hydrogen-bond acceptors (Lipinski definition) is 5. The zero-order valence-electron chi connectivity index (χ0n) is 20.4. The molecule has 4 rings (SSSR count). The fourth-order valence-electron chi connectivity index (χ4n) is 4.95. The van der Waals surface area contributed by atoms with Crippen LogP contribution in [0.5, 0.6) is 5.75 Å². The minimum atomic E-state index is -4.77. The van der Waals surface area contributed by atoms with Gasteiger partial charge < -0.3 is 19.0 Å². The summed E-state index contributed by atoms with van der Waals surface area (Å²) in [7, 11) is -1.77. The average Bonchev–Trinajstić information content (AvgIpc) is 3.39. The lowest BCUT2D eigenvalue weighted by atomic mass is 9.77. The van der Waals surface area contributed by atoms with Gasteiger partial charge in [0, 0.05) is 35.9 Å². The molecule has 1 N–H and O–H groups in total. The summed E-state index contributed by atoms with van der Waals surface area (Å²) in [6.07, 6.45) is -3.95. The average molecular weight is 531 g/mol. The van der Waals surface area contributed by atoms with Crippen LogP contribution in [-0.2, 0) is 9.30 Å². The molecule has 0 unspecified atom stereocenters. The molecular weight excluding hydrogens is 504 g/mol. The molecule has 3 aromatic rings. The van der Waals surface area contributed by atoms with Crippen LogP contribution in [0.4, 0.5) is 22.0 Å². The Morgan fingerprint density at radius 2 is 1.86 bits per heavy atom. The van der Waals surface area contributed by atoms with E-state index < -0.39 is 54.2 Å². The summed E-state index contributed by atoms with van der Waals surface area (Å²) in [5, 5.41) is 0. The van der Waals surface area contributed by atoms with E-state index in [4.69, 9.17) is 9.47 Å². The quantitative estimate of drug-likeness (QED) is 0.308. The number of nitrogens with zero attached hydrogens (tertiary/aromatic N) is 2. The highest BCUT2D eigenvalue weighted by molar-refractivity contribution is 7.71. The summed E-state index contributed by atoms with van der Waals surface area (Å²) in [4.78, 5) is 11.8. The predicted molar refractivity (Wildman–Crippen MR) is 125 cm³/mol. The number of imidazole rings is 1. The van der Waals surface area contributed by atoms with Gasteiger partial charge in [-0.2, -0.15) is 17.6 Å². The molecule has 0 saturated carbocycles. The maximum absolute atomic E-state index is 14.6. The van der Waals surface area contributed by atoms with Crippen LogP contribution in [0.3, 0.4) is 0 Å². The molecule has 2 aromatic heterocycles. The van der Waals surface area contributed by atoms with Crippen molar-refractivity contribution in [3.63, 3.8) is 0 Å². The Kier molecular flexibility index (Phi) is 6.71. The zero-order chi connectivity index (χ0) is 26.6. The highest BCUT2D eigenvalue weighted by Crippen LogP contribution is 2.59. The number of ether oxygens (including phenoxy) is 2. The Morgan fingerprint density at radius 3 is 2.44 bits per heavy atom. The maximum Gasteiger partial charge on any atom is 0.417 e. The number of fused-ring (bicyclic) bond motifs is 1. The van der Waals surface area contributed by atoms with Crippen molar-refractivity contribution in [2.24, 2.45) is 5.92 Å². The van der Waals surface area contributed by atoms with Gasteiger partial charge in [0.1, 0.15) is 30.0 Å². The molecule has 0 amide bonds. The van der Waals surface area contributed by atoms with Crippen molar-refractivity contribution in [3.05, 3.63) is 47.4 Å². The Bertz CT molecular complexity index is 1340. The third-order valence-corrected chi connectivity index (χ3v) is 10.5. The lowest BCUT2D eigenvalue weighted by Gasteiger charge is -2.32. The topological polar surface area (TPSA) is 77.1 Å². The Morgan fingerprint density at radius 1 is 1.19 bits per heavy atom. The first-order chi connectivity index (χ1) is 16.8. The molecule has 1 aromatic carbocycles. The Balaban J connectivity index is 1.95. The molecule has 0 aliphatic carbocycles. The van der Waals surface area contributed by atoms with E-state index in [1.807, 2.05) is 0 Å². The summed E-state index contributed by atoms with van der Waals surface area (Å²) in [6, 6.07) is 3.63. The molecule has 6 nitrogen and oxygen atoms in total. The van der Waals surface area contributed by atoms with E-state index in [9.17, 15) is 26.5 Å². The summed E-state index contributed by atoms with van der Waals surface area (Å²) < 4.78 is 95.5. The van der Waals surface area contributed by atoms with Crippen LogP contribution in [-0.4, -0.2) is 46.2 Å². The van der Waals surface area contributed by atoms with E-state index in [-0.39, 0.29) is 16.9 Å². The van der Waals surface area contributed by atoms with Crippen LogP contribution < -0.4 is 10.2 Å². The lowest BCUT2D eigenvalue weighted by Crippen LogP contribution is -2.46. The minimum Gasteiger partial charge on any atom is -0.493 e. The highest BCUT2D eigenvalue weighted by atomic mass is 31.2. The van der Waals surface area contributed by atoms with Crippen molar-refractivity contribution >= 4 is 23.6 Å². The van der Waals surface area contributed by atoms with Gasteiger partial charge in [-0.1, -0.05) is 26.8 Å². The van der Waals surface area contributed by atoms with Crippen molar-refractivity contribution in [3.8, 4) is 5.75 Å². The van der Waals surface area contributed by atoms with Gasteiger partial charge in [-0.3, -0.25) is 4.98 Å². The number of H-pyrrole nitrogens is 1. The first-order valence-corrected chi connectivity index (χ1v) is 13.6. The van der Waals surface area contributed by atoms with Crippen molar-refractivity contribution in [2.45, 2.75) is 51.5 Å². The van der Waals surface area contributed by atoms with Crippen LogP contribution in [0, 0.1) is 17.6 Å². The molecule has 0 radical (unpaired) electrons. The van der Waals surface area contributed by atoms with Crippen molar-refractivity contribution < 1.29 is 36.0 Å². The SMILES string of the molecule is CCP(=O)(CC)c1nccc2[nH]c([C@@H]3O[C@@](C)(C(F)(F)F)[C@@H](C)[C@H]3c3ccc(F)c(F)c3OC)nc12. The number of hydrogen-bond donors (Lipinski definition) is 1. The van der Waals surface area contributed by atoms with Gasteiger partial charge in [-0.05, 0) is 19.1 Å². The van der Waals surface area contributed by atoms with Gasteiger partial charge in [0.2, 0.25) is 5.82 Å². The number of methoxy groups -OCH3 is 1. The second-order valence-electron chi connectivity index (χ2n) is 9.12. The molecular formula is C24H27F5N3O3P. The van der Waals surface area contributed by atoms with Crippen molar-refractivity contribution in [1.29, 1.82) is 0 Å². The molecule has 4 atom stereocenters. The van der Waals surface area contributed by atoms with Crippen LogP contribution in [0.25, 0.3) is 11.0 Å². The predicted octanol–water partition coefficient (Wildman–Crippen LogP) is 6.09. The van der Waals surface area contributed by atoms with E-state index in [0.717, 1.165) is 20.1 Å². The highest BCUT2D eigenvalue weighted by Gasteiger charge is 2.65. The smallest absolute Gasteiger partial charge is 0.417 e. The number of alkyl halides is 3. The molecule has 3 heterocycles. The number of halogens is 5. The van der Waals surface area contributed by atoms with Gasteiger partial charge in [-0.15, -0.1) is 0 Å². The standard InChI is InChI=1S/C24H27F5N3O3P/c1-6-36(33,7-2)22-18-15(10-11-30-22)31-21(32-18)20-16(12(3)23(4,35-20)24(27,28)29)13-8-9-14(25)17(26)19(13)34-5/h8-12,16,20H,6-7H2,1-5H3,(H,31,32)/t12-,16-,20+,23+/m0/s1. The van der Waals surface area contributed by atoms with Gasteiger partial charge in [0.05, 0.1) is 12.6 Å². The summed E-state index contributed by atoms with van der Waals surface area (Å²) in [5.41, 5.74) is -1.59. The second kappa shape index (κ2) is 9.10. The molecule has 1 fully saturated rings. The number of pyridine rings is 1. The molecule has 1 saturated heterocycles. The van der Waals surface area contributed by atoms with Crippen molar-refractivity contribution in [1.82, 2.24) is 15.0 Å². The fraction of sp³-hybridized carbons (Fsp3) is 0.500. The van der Waals surface area contributed by atoms with Gasteiger partial charge in [0.25, 0.3) is 0 Å². The number of rotatable bonds is 6. The molecule has 1 aliphatic heterocycles. The second-order valence-corrected chi connectivity index (χ2v) is 12.6. The number of nitrogens with one attached hydrogen (secondary N) is 1. The Labute approximate surface area is 205 Å². The summed E-state index contributed by atoms with van der Waals surface area (Å²) in [6.45, 7) is 5.83. The first-order valence-electron chi connectivity index (χ1n) is 11.5. The van der Waals surface area contributed by atoms with Gasteiger partial charge in [-0.25, -0.2) is 9.37 Å². The monoisotopic (exact) mass is 531 g/mol. The summed E-state index contributed by atoms with van der Waals surface area (Å²) in [5.74, 6) is -5.29. The first kappa shape index (κ1) is 26.5. The van der Waals surface area contributed by atoms with Crippen LogP contribution in [0.15, 0.2) is 24.4 Å². The Hall–Kier alpha value is -2.52. The largest absolute Gasteiger partial charge is 0.493 e. The third kappa shape index (κ3) is 3.91. The lowest BCUT2D eigenvalue weighted by molar-refractivity contribution is -0.275. The summed E-state index contributed by atoms with van der Waals surface area (Å²) >= 11 is 0. The van der Waals surface area contributed by atoms with Crippen LogP contribution in [0.2, 0.25) is 0 Å². The molecule has 196 valence electrons. The van der Waals surface area contributed by atoms with Crippen LogP contribution in [0.1, 0.15) is 51.1 Å². The number of benzene rings is 1. The molecule has 0 spiro atoms. The van der Waals surface area contributed by atoms with E-state index >= 15 is 0 Å². The third-order valence-electron chi connectivity index (χ3n) is 7.39. The number of aromatic amines is 1.